The lowest BCUT2D eigenvalue weighted by Gasteiger charge is -1.97. The van der Waals surface area contributed by atoms with Gasteiger partial charge in [-0.05, 0) is 6.92 Å². The SMILES string of the molecule is CCn1ncc2c3onc(-c4ccccc4)c3cnc21. The van der Waals surface area contributed by atoms with Crippen molar-refractivity contribution in [2.24, 2.45) is 0 Å². The Balaban J connectivity index is 2.03. The minimum Gasteiger partial charge on any atom is -0.355 e. The lowest BCUT2D eigenvalue weighted by Crippen LogP contribution is -1.96. The maximum absolute atomic E-state index is 5.53. The van der Waals surface area contributed by atoms with Crippen molar-refractivity contribution in [1.29, 1.82) is 0 Å². The molecule has 0 radical (unpaired) electrons. The highest BCUT2D eigenvalue weighted by Crippen LogP contribution is 2.31. The van der Waals surface area contributed by atoms with Gasteiger partial charge in [-0.3, -0.25) is 0 Å². The lowest BCUT2D eigenvalue weighted by molar-refractivity contribution is 0.461. The van der Waals surface area contributed by atoms with Crippen LogP contribution in [0.25, 0.3) is 33.3 Å². The van der Waals surface area contributed by atoms with E-state index in [0.717, 1.165) is 39.8 Å². The Morgan fingerprint density at radius 3 is 2.75 bits per heavy atom. The van der Waals surface area contributed by atoms with Crippen LogP contribution in [0.15, 0.2) is 47.2 Å². The van der Waals surface area contributed by atoms with E-state index in [1.165, 1.54) is 0 Å². The quantitative estimate of drug-likeness (QED) is 0.557. The molecule has 4 aromatic rings. The molecule has 0 N–H and O–H groups in total. The molecule has 0 atom stereocenters. The third kappa shape index (κ3) is 1.46. The maximum Gasteiger partial charge on any atom is 0.181 e. The zero-order valence-electron chi connectivity index (χ0n) is 10.9. The molecular formula is C15H12N4O. The molecule has 0 bridgehead atoms. The summed E-state index contributed by atoms with van der Waals surface area (Å²) in [5.41, 5.74) is 3.42. The van der Waals surface area contributed by atoms with Crippen LogP contribution in [0, 0.1) is 0 Å². The fourth-order valence-corrected chi connectivity index (χ4v) is 2.45. The number of nitrogens with zero attached hydrogens (tertiary/aromatic N) is 4. The minimum atomic E-state index is 0.744. The van der Waals surface area contributed by atoms with E-state index in [4.69, 9.17) is 4.52 Å². The van der Waals surface area contributed by atoms with Gasteiger partial charge in [0.25, 0.3) is 0 Å². The first-order chi connectivity index (χ1) is 9.88. The number of hydrogen-bond acceptors (Lipinski definition) is 4. The smallest absolute Gasteiger partial charge is 0.181 e. The van der Waals surface area contributed by atoms with E-state index in [1.807, 2.05) is 48.1 Å². The van der Waals surface area contributed by atoms with Crippen LogP contribution in [-0.2, 0) is 6.54 Å². The molecule has 0 aliphatic rings. The van der Waals surface area contributed by atoms with Gasteiger partial charge < -0.3 is 4.52 Å². The summed E-state index contributed by atoms with van der Waals surface area (Å²) in [7, 11) is 0. The molecule has 0 aliphatic carbocycles. The van der Waals surface area contributed by atoms with Gasteiger partial charge in [-0.1, -0.05) is 35.5 Å². The molecule has 0 spiro atoms. The topological polar surface area (TPSA) is 56.7 Å². The van der Waals surface area contributed by atoms with Crippen LogP contribution < -0.4 is 0 Å². The first-order valence-corrected chi connectivity index (χ1v) is 6.54. The molecule has 20 heavy (non-hydrogen) atoms. The number of fused-ring (bicyclic) bond motifs is 3. The van der Waals surface area contributed by atoms with Gasteiger partial charge in [0, 0.05) is 18.3 Å². The van der Waals surface area contributed by atoms with E-state index >= 15 is 0 Å². The van der Waals surface area contributed by atoms with Gasteiger partial charge >= 0.3 is 0 Å². The molecule has 3 aromatic heterocycles. The third-order valence-corrected chi connectivity index (χ3v) is 3.45. The monoisotopic (exact) mass is 264 g/mol. The lowest BCUT2D eigenvalue weighted by atomic mass is 10.1. The van der Waals surface area contributed by atoms with E-state index in [0.29, 0.717) is 0 Å². The molecule has 1 aromatic carbocycles. The van der Waals surface area contributed by atoms with Crippen LogP contribution in [0.1, 0.15) is 6.92 Å². The Morgan fingerprint density at radius 2 is 1.95 bits per heavy atom. The standard InChI is InChI=1S/C15H12N4O/c1-2-19-15-12(9-17-19)14-11(8-16-15)13(18-20-14)10-6-4-3-5-7-10/h3-9H,2H2,1H3. The molecule has 0 unspecified atom stereocenters. The Bertz CT molecular complexity index is 892. The number of benzene rings is 1. The average molecular weight is 264 g/mol. The van der Waals surface area contributed by atoms with Gasteiger partial charge in [0.15, 0.2) is 11.2 Å². The number of hydrogen-bond donors (Lipinski definition) is 0. The predicted molar refractivity (Wildman–Crippen MR) is 76.2 cm³/mol. The molecule has 98 valence electrons. The van der Waals surface area contributed by atoms with Crippen LogP contribution in [0.4, 0.5) is 0 Å². The molecule has 0 amide bonds. The summed E-state index contributed by atoms with van der Waals surface area (Å²) in [6.45, 7) is 2.82. The molecule has 4 rings (SSSR count). The summed E-state index contributed by atoms with van der Waals surface area (Å²) in [4.78, 5) is 4.50. The molecule has 0 fully saturated rings. The summed E-state index contributed by atoms with van der Waals surface area (Å²) in [6, 6.07) is 9.97. The van der Waals surface area contributed by atoms with Gasteiger partial charge in [0.05, 0.1) is 17.0 Å². The number of rotatable bonds is 2. The highest BCUT2D eigenvalue weighted by Gasteiger charge is 2.15. The molecule has 0 saturated carbocycles. The van der Waals surface area contributed by atoms with Crippen molar-refractivity contribution in [2.75, 3.05) is 0 Å². The fourth-order valence-electron chi connectivity index (χ4n) is 2.45. The second-order valence-electron chi connectivity index (χ2n) is 4.60. The zero-order chi connectivity index (χ0) is 13.5. The van der Waals surface area contributed by atoms with Crippen LogP contribution in [0.2, 0.25) is 0 Å². The van der Waals surface area contributed by atoms with Gasteiger partial charge in [-0.15, -0.1) is 0 Å². The molecule has 0 aliphatic heterocycles. The predicted octanol–water partition coefficient (Wildman–Crippen LogP) is 3.26. The Kier molecular flexibility index (Phi) is 2.32. The van der Waals surface area contributed by atoms with Gasteiger partial charge in [0.2, 0.25) is 0 Å². The van der Waals surface area contributed by atoms with Crippen molar-refractivity contribution in [2.45, 2.75) is 13.5 Å². The van der Waals surface area contributed by atoms with Crippen molar-refractivity contribution in [3.8, 4) is 11.3 Å². The molecule has 5 nitrogen and oxygen atoms in total. The van der Waals surface area contributed by atoms with E-state index in [1.54, 1.807) is 6.20 Å². The summed E-state index contributed by atoms with van der Waals surface area (Å²) in [5, 5.41) is 10.3. The first kappa shape index (κ1) is 11.2. The maximum atomic E-state index is 5.53. The normalized spacial score (nSPS) is 11.4. The molecule has 0 saturated heterocycles. The Labute approximate surface area is 114 Å². The van der Waals surface area contributed by atoms with Gasteiger partial charge in [-0.25, -0.2) is 9.67 Å². The minimum absolute atomic E-state index is 0.744. The van der Waals surface area contributed by atoms with Crippen molar-refractivity contribution < 1.29 is 4.52 Å². The summed E-state index contributed by atoms with van der Waals surface area (Å²) < 4.78 is 7.38. The van der Waals surface area contributed by atoms with Crippen LogP contribution in [-0.4, -0.2) is 19.9 Å². The van der Waals surface area contributed by atoms with E-state index in [2.05, 4.69) is 15.2 Å². The summed E-state index contributed by atoms with van der Waals surface area (Å²) in [6.07, 6.45) is 3.60. The molecule has 5 heteroatoms. The van der Waals surface area contributed by atoms with Crippen LogP contribution in [0.3, 0.4) is 0 Å². The summed E-state index contributed by atoms with van der Waals surface area (Å²) in [5.74, 6) is 0. The average Bonchev–Trinajstić information content (AvgIpc) is 3.11. The van der Waals surface area contributed by atoms with Crippen molar-refractivity contribution >= 4 is 22.0 Å². The zero-order valence-corrected chi connectivity index (χ0v) is 10.9. The van der Waals surface area contributed by atoms with Crippen LogP contribution in [0.5, 0.6) is 0 Å². The fraction of sp³-hybridized carbons (Fsp3) is 0.133. The molecular weight excluding hydrogens is 252 g/mol. The molecule has 3 heterocycles. The van der Waals surface area contributed by atoms with Crippen molar-refractivity contribution in [3.05, 3.63) is 42.7 Å². The van der Waals surface area contributed by atoms with Gasteiger partial charge in [0.1, 0.15) is 5.69 Å². The highest BCUT2D eigenvalue weighted by molar-refractivity contribution is 6.05. The number of aryl methyl sites for hydroxylation is 1. The van der Waals surface area contributed by atoms with E-state index in [9.17, 15) is 0 Å². The Morgan fingerprint density at radius 1 is 1.10 bits per heavy atom. The Hall–Kier alpha value is -2.69. The van der Waals surface area contributed by atoms with Crippen LogP contribution >= 0.6 is 0 Å². The van der Waals surface area contributed by atoms with E-state index < -0.39 is 0 Å². The highest BCUT2D eigenvalue weighted by atomic mass is 16.5. The second-order valence-corrected chi connectivity index (χ2v) is 4.60. The van der Waals surface area contributed by atoms with Crippen molar-refractivity contribution in [1.82, 2.24) is 19.9 Å². The van der Waals surface area contributed by atoms with Gasteiger partial charge in [-0.2, -0.15) is 5.10 Å². The second kappa shape index (κ2) is 4.16. The summed E-state index contributed by atoms with van der Waals surface area (Å²) >= 11 is 0. The number of aromatic nitrogens is 4. The third-order valence-electron chi connectivity index (χ3n) is 3.45. The number of pyridine rings is 1. The largest absolute Gasteiger partial charge is 0.355 e. The van der Waals surface area contributed by atoms with E-state index in [-0.39, 0.29) is 0 Å². The first-order valence-electron chi connectivity index (χ1n) is 6.54. The van der Waals surface area contributed by atoms with Crippen molar-refractivity contribution in [3.63, 3.8) is 0 Å².